The van der Waals surface area contributed by atoms with Crippen LogP contribution in [0.15, 0.2) is 0 Å². The van der Waals surface area contributed by atoms with Gasteiger partial charge in [-0.2, -0.15) is 0 Å². The molecule has 0 aromatic rings. The monoisotopic (exact) mass is 526 g/mol. The number of hydrogen-bond donors (Lipinski definition) is 2. The van der Waals surface area contributed by atoms with Gasteiger partial charge in [-0.25, -0.2) is 0 Å². The predicted octanol–water partition coefficient (Wildman–Crippen LogP) is 3.12. The van der Waals surface area contributed by atoms with Gasteiger partial charge in [0, 0.05) is 7.85 Å². The Bertz CT molecular complexity index is 481. The van der Waals surface area contributed by atoms with Crippen molar-refractivity contribution in [2.75, 3.05) is 0 Å². The standard InChI is InChI=1S/C18H24I2O2/c19-17-11-5-1-3-7(21)9(5)15-13(11)14-12(18(15)20)6-2-4-8(22)10(6)16(14)17/h5-18,21-22H,1-4H2/t5-,6-,7-,8+,9+,10-,11+,12-,13-,14+,15+,16+,17-,18-/m1/s1. The van der Waals surface area contributed by atoms with Crippen LogP contribution in [0.2, 0.25) is 0 Å². The van der Waals surface area contributed by atoms with E-state index in [1.165, 1.54) is 12.8 Å². The number of hydrogen-bond acceptors (Lipinski definition) is 2. The molecule has 2 nitrogen and oxygen atoms in total. The van der Waals surface area contributed by atoms with E-state index in [-0.39, 0.29) is 12.2 Å². The van der Waals surface area contributed by atoms with Gasteiger partial charge in [-0.1, -0.05) is 45.2 Å². The molecule has 122 valence electrons. The van der Waals surface area contributed by atoms with Crippen LogP contribution in [0.25, 0.3) is 0 Å². The molecule has 0 radical (unpaired) electrons. The van der Waals surface area contributed by atoms with Gasteiger partial charge >= 0.3 is 0 Å². The summed E-state index contributed by atoms with van der Waals surface area (Å²) in [5.74, 6) is 7.92. The highest BCUT2D eigenvalue weighted by Gasteiger charge is 2.77. The molecule has 22 heavy (non-hydrogen) atoms. The highest BCUT2D eigenvalue weighted by atomic mass is 127. The van der Waals surface area contributed by atoms with E-state index in [0.29, 0.717) is 11.8 Å². The summed E-state index contributed by atoms with van der Waals surface area (Å²) >= 11 is 5.56. The van der Waals surface area contributed by atoms with Gasteiger partial charge in [0.2, 0.25) is 0 Å². The topological polar surface area (TPSA) is 40.5 Å². The van der Waals surface area contributed by atoms with E-state index in [2.05, 4.69) is 45.2 Å². The summed E-state index contributed by atoms with van der Waals surface area (Å²) in [6.45, 7) is 0. The van der Waals surface area contributed by atoms with E-state index in [4.69, 9.17) is 0 Å². The molecule has 6 rings (SSSR count). The lowest BCUT2D eigenvalue weighted by molar-refractivity contribution is 0.0746. The largest absolute Gasteiger partial charge is 0.393 e. The first kappa shape index (κ1) is 14.5. The van der Waals surface area contributed by atoms with Crippen molar-refractivity contribution in [1.29, 1.82) is 0 Å². The maximum Gasteiger partial charge on any atom is 0.0574 e. The van der Waals surface area contributed by atoms with E-state index >= 15 is 0 Å². The fourth-order valence-corrected chi connectivity index (χ4v) is 12.9. The number of halogens is 2. The van der Waals surface area contributed by atoms with Crippen molar-refractivity contribution < 1.29 is 10.2 Å². The van der Waals surface area contributed by atoms with Gasteiger partial charge in [0.15, 0.2) is 0 Å². The van der Waals surface area contributed by atoms with Crippen LogP contribution in [-0.4, -0.2) is 30.3 Å². The SMILES string of the molecule is O[C@@H]1CC[C@@H]2[C@@H]1[C@@H]1[C@H](I)[C@@H]3[C@@H]4CC[C@H](O)[C@@H]4[C@@H]4[C@H](I)[C@@H]2[C@@H]1[C@@H]43. The molecule has 6 aliphatic rings. The van der Waals surface area contributed by atoms with Crippen molar-refractivity contribution in [3.05, 3.63) is 0 Å². The Kier molecular flexibility index (Phi) is 3.01. The van der Waals surface area contributed by atoms with Gasteiger partial charge in [0.1, 0.15) is 0 Å². The molecule has 0 spiro atoms. The Morgan fingerprint density at radius 3 is 1.32 bits per heavy atom. The van der Waals surface area contributed by atoms with Crippen LogP contribution in [0.4, 0.5) is 0 Å². The van der Waals surface area contributed by atoms with E-state index < -0.39 is 0 Å². The van der Waals surface area contributed by atoms with Gasteiger partial charge in [0.05, 0.1) is 12.2 Å². The maximum absolute atomic E-state index is 10.6. The third-order valence-electron chi connectivity index (χ3n) is 9.04. The van der Waals surface area contributed by atoms with Crippen LogP contribution in [0.1, 0.15) is 25.7 Å². The van der Waals surface area contributed by atoms with Crippen LogP contribution in [-0.2, 0) is 0 Å². The molecule has 0 bridgehead atoms. The first-order chi connectivity index (χ1) is 10.6. The average molecular weight is 526 g/mol. The van der Waals surface area contributed by atoms with Crippen LogP contribution in [0.5, 0.6) is 0 Å². The summed E-state index contributed by atoms with van der Waals surface area (Å²) in [5.41, 5.74) is 0. The van der Waals surface area contributed by atoms with E-state index in [9.17, 15) is 10.2 Å². The minimum atomic E-state index is -0.0105. The summed E-state index contributed by atoms with van der Waals surface area (Å²) in [5, 5.41) is 21.3. The third-order valence-corrected chi connectivity index (χ3v) is 12.4. The summed E-state index contributed by atoms with van der Waals surface area (Å²) in [6, 6.07) is 0. The Morgan fingerprint density at radius 2 is 0.909 bits per heavy atom. The molecule has 6 saturated carbocycles. The number of alkyl halides is 2. The molecule has 14 atom stereocenters. The summed E-state index contributed by atoms with van der Waals surface area (Å²) in [7, 11) is 0. The zero-order chi connectivity index (χ0) is 14.9. The number of aliphatic hydroxyl groups excluding tert-OH is 2. The molecule has 2 N–H and O–H groups in total. The van der Waals surface area contributed by atoms with E-state index in [1.807, 2.05) is 0 Å². The summed E-state index contributed by atoms with van der Waals surface area (Å²) < 4.78 is 1.54. The lowest BCUT2D eigenvalue weighted by atomic mass is 9.79. The minimum absolute atomic E-state index is 0.0105. The Hall–Kier alpha value is 1.38. The van der Waals surface area contributed by atoms with Crippen LogP contribution < -0.4 is 0 Å². The molecule has 0 amide bonds. The smallest absolute Gasteiger partial charge is 0.0574 e. The van der Waals surface area contributed by atoms with Crippen molar-refractivity contribution in [2.24, 2.45) is 59.2 Å². The number of rotatable bonds is 0. The lowest BCUT2D eigenvalue weighted by Crippen LogP contribution is -2.34. The second kappa shape index (κ2) is 4.56. The number of fused-ring (bicyclic) bond motifs is 6. The fourth-order valence-electron chi connectivity index (χ4n) is 8.93. The van der Waals surface area contributed by atoms with Gasteiger partial charge in [0.25, 0.3) is 0 Å². The van der Waals surface area contributed by atoms with Crippen molar-refractivity contribution in [3.63, 3.8) is 0 Å². The van der Waals surface area contributed by atoms with Crippen molar-refractivity contribution in [2.45, 2.75) is 45.7 Å². The molecule has 0 aliphatic heterocycles. The van der Waals surface area contributed by atoms with Crippen molar-refractivity contribution >= 4 is 45.2 Å². The molecule has 0 unspecified atom stereocenters. The van der Waals surface area contributed by atoms with Crippen LogP contribution in [0.3, 0.4) is 0 Å². The zero-order valence-corrected chi connectivity index (χ0v) is 16.9. The van der Waals surface area contributed by atoms with Gasteiger partial charge in [-0.15, -0.1) is 0 Å². The van der Waals surface area contributed by atoms with Crippen LogP contribution in [0, 0.1) is 59.2 Å². The van der Waals surface area contributed by atoms with E-state index in [0.717, 1.165) is 68.0 Å². The molecular formula is C18H24I2O2. The molecule has 6 fully saturated rings. The summed E-state index contributed by atoms with van der Waals surface area (Å²) in [6.07, 6.45) is 4.63. The third kappa shape index (κ3) is 1.41. The van der Waals surface area contributed by atoms with E-state index in [1.54, 1.807) is 0 Å². The lowest BCUT2D eigenvalue weighted by Gasteiger charge is -2.32. The highest BCUT2D eigenvalue weighted by Crippen LogP contribution is 2.78. The second-order valence-corrected chi connectivity index (χ2v) is 12.0. The molecule has 6 aliphatic carbocycles. The minimum Gasteiger partial charge on any atom is -0.393 e. The average Bonchev–Trinajstić information content (AvgIpc) is 3.22. The molecular weight excluding hydrogens is 502 g/mol. The molecule has 0 aromatic heterocycles. The van der Waals surface area contributed by atoms with Crippen LogP contribution >= 0.6 is 45.2 Å². The molecule has 0 aromatic carbocycles. The van der Waals surface area contributed by atoms with Crippen molar-refractivity contribution in [1.82, 2.24) is 0 Å². The summed E-state index contributed by atoms with van der Waals surface area (Å²) in [4.78, 5) is 0. The van der Waals surface area contributed by atoms with Gasteiger partial charge in [-0.05, 0) is 84.9 Å². The Balaban J connectivity index is 1.49. The highest BCUT2D eigenvalue weighted by molar-refractivity contribution is 14.1. The van der Waals surface area contributed by atoms with Gasteiger partial charge < -0.3 is 10.2 Å². The fraction of sp³-hybridized carbons (Fsp3) is 1.00. The molecule has 4 heteroatoms. The Morgan fingerprint density at radius 1 is 0.500 bits per heavy atom. The van der Waals surface area contributed by atoms with Crippen molar-refractivity contribution in [3.8, 4) is 0 Å². The second-order valence-electron chi connectivity index (χ2n) is 9.12. The zero-order valence-electron chi connectivity index (χ0n) is 12.6. The molecule has 0 heterocycles. The quantitative estimate of drug-likeness (QED) is 0.377. The Labute approximate surface area is 159 Å². The first-order valence-electron chi connectivity index (χ1n) is 9.25. The first-order valence-corrected chi connectivity index (χ1v) is 11.7. The van der Waals surface area contributed by atoms with Gasteiger partial charge in [-0.3, -0.25) is 0 Å². The molecule has 0 saturated heterocycles. The normalized spacial score (nSPS) is 73.6. The maximum atomic E-state index is 10.6. The predicted molar refractivity (Wildman–Crippen MR) is 101 cm³/mol. The number of aliphatic hydroxyl groups is 2.